The second-order valence-electron chi connectivity index (χ2n) is 2.30. The fourth-order valence-electron chi connectivity index (χ4n) is 0.837. The molecule has 1 N–H and O–H groups in total. The van der Waals surface area contributed by atoms with Gasteiger partial charge in [0.15, 0.2) is 0 Å². The number of hydrogen-bond acceptors (Lipinski definition) is 4. The zero-order valence-corrected chi connectivity index (χ0v) is 6.64. The Labute approximate surface area is 74.4 Å². The van der Waals surface area contributed by atoms with Gasteiger partial charge in [-0.1, -0.05) is 0 Å². The van der Waals surface area contributed by atoms with Crippen molar-refractivity contribution in [2.24, 2.45) is 0 Å². The molecule has 0 fully saturated rings. The molecule has 0 spiro atoms. The summed E-state index contributed by atoms with van der Waals surface area (Å²) in [6.45, 7) is 0. The second-order valence-corrected chi connectivity index (χ2v) is 2.30. The molecule has 1 aromatic carbocycles. The van der Waals surface area contributed by atoms with Gasteiger partial charge in [-0.25, -0.2) is 0 Å². The molecule has 1 rings (SSSR count). The average molecular weight is 179 g/mol. The number of non-ortho nitro benzene ring substituents is 1. The van der Waals surface area contributed by atoms with Crippen molar-refractivity contribution in [3.8, 4) is 0 Å². The predicted molar refractivity (Wildman–Crippen MR) is 48.6 cm³/mol. The normalized spacial score (nSPS) is 10.2. The number of nitrogens with one attached hydrogen (secondary N) is 1. The van der Waals surface area contributed by atoms with Gasteiger partial charge in [0.1, 0.15) is 0 Å². The Morgan fingerprint density at radius 3 is 2.38 bits per heavy atom. The van der Waals surface area contributed by atoms with E-state index in [1.54, 1.807) is 17.6 Å². The van der Waals surface area contributed by atoms with Gasteiger partial charge in [-0.2, -0.15) is 0 Å². The van der Waals surface area contributed by atoms with E-state index in [2.05, 4.69) is 0 Å². The highest BCUT2D eigenvalue weighted by Gasteiger charge is 2.01. The van der Waals surface area contributed by atoms with E-state index >= 15 is 0 Å². The van der Waals surface area contributed by atoms with Gasteiger partial charge in [-0.05, 0) is 30.0 Å². The van der Waals surface area contributed by atoms with Crippen molar-refractivity contribution in [3.05, 3.63) is 51.4 Å². The zero-order chi connectivity index (χ0) is 9.68. The van der Waals surface area contributed by atoms with Crippen LogP contribution < -0.4 is 5.48 Å². The van der Waals surface area contributed by atoms with Crippen LogP contribution in [0.5, 0.6) is 0 Å². The molecule has 0 heterocycles. The molecule has 0 saturated heterocycles. The monoisotopic (exact) mass is 179 g/mol. The molecule has 5 nitrogen and oxygen atoms in total. The molecule has 0 bridgehead atoms. The molecular formula is C8H7N2O3-. The Bertz CT molecular complexity index is 319. The van der Waals surface area contributed by atoms with Crippen LogP contribution in [0, 0.1) is 15.3 Å². The van der Waals surface area contributed by atoms with Gasteiger partial charge in [0.25, 0.3) is 5.69 Å². The predicted octanol–water partition coefficient (Wildman–Crippen LogP) is 1.65. The van der Waals surface area contributed by atoms with E-state index in [1.165, 1.54) is 24.4 Å². The Morgan fingerprint density at radius 2 is 1.92 bits per heavy atom. The Hall–Kier alpha value is -1.88. The molecule has 13 heavy (non-hydrogen) atoms. The first-order valence-electron chi connectivity index (χ1n) is 3.52. The van der Waals surface area contributed by atoms with Crippen molar-refractivity contribution in [2.75, 3.05) is 0 Å². The fourth-order valence-corrected chi connectivity index (χ4v) is 0.837. The summed E-state index contributed by atoms with van der Waals surface area (Å²) in [5, 5.41) is 20.1. The lowest BCUT2D eigenvalue weighted by atomic mass is 10.2. The maximum absolute atomic E-state index is 10.3. The molecule has 0 aliphatic carbocycles. The third kappa shape index (κ3) is 2.57. The molecule has 0 atom stereocenters. The molecule has 0 aromatic heterocycles. The van der Waals surface area contributed by atoms with E-state index in [4.69, 9.17) is 0 Å². The van der Waals surface area contributed by atoms with Crippen LogP contribution in [0.3, 0.4) is 0 Å². The number of nitro benzene ring substituents is 1. The lowest BCUT2D eigenvalue weighted by molar-refractivity contribution is -0.384. The van der Waals surface area contributed by atoms with E-state index in [-0.39, 0.29) is 5.69 Å². The fraction of sp³-hybridized carbons (Fsp3) is 0. The van der Waals surface area contributed by atoms with Crippen molar-refractivity contribution in [3.63, 3.8) is 0 Å². The van der Waals surface area contributed by atoms with Gasteiger partial charge in [0, 0.05) is 12.1 Å². The summed E-state index contributed by atoms with van der Waals surface area (Å²) in [4.78, 5) is 9.78. The minimum atomic E-state index is -0.473. The van der Waals surface area contributed by atoms with Crippen molar-refractivity contribution >= 4 is 11.8 Å². The van der Waals surface area contributed by atoms with Crippen LogP contribution >= 0.6 is 0 Å². The number of benzene rings is 1. The molecule has 0 radical (unpaired) electrons. The lowest BCUT2D eigenvalue weighted by Crippen LogP contribution is -1.88. The van der Waals surface area contributed by atoms with Crippen LogP contribution in [0.4, 0.5) is 5.69 Å². The highest BCUT2D eigenvalue weighted by molar-refractivity contribution is 5.51. The quantitative estimate of drug-likeness (QED) is 0.565. The van der Waals surface area contributed by atoms with Gasteiger partial charge in [0.2, 0.25) is 0 Å². The van der Waals surface area contributed by atoms with E-state index < -0.39 is 4.92 Å². The SMILES string of the molecule is O=[N+]([O-])c1ccc(C=CN[O-])cc1. The third-order valence-electron chi connectivity index (χ3n) is 1.45. The molecule has 0 amide bonds. The van der Waals surface area contributed by atoms with Gasteiger partial charge in [-0.3, -0.25) is 10.1 Å². The summed E-state index contributed by atoms with van der Waals surface area (Å²) in [6.07, 6.45) is 2.73. The number of rotatable bonds is 3. The van der Waals surface area contributed by atoms with Crippen LogP contribution in [-0.4, -0.2) is 4.92 Å². The summed E-state index contributed by atoms with van der Waals surface area (Å²) in [5.74, 6) is 0. The van der Waals surface area contributed by atoms with Crippen LogP contribution in [0.1, 0.15) is 5.56 Å². The number of hydroxylamine groups is 1. The Balaban J connectivity index is 2.81. The first-order valence-corrected chi connectivity index (χ1v) is 3.52. The molecule has 5 heteroatoms. The van der Waals surface area contributed by atoms with Gasteiger partial charge in [-0.15, -0.1) is 0 Å². The molecule has 0 aliphatic rings. The topological polar surface area (TPSA) is 78.2 Å². The third-order valence-corrected chi connectivity index (χ3v) is 1.45. The van der Waals surface area contributed by atoms with E-state index in [9.17, 15) is 15.3 Å². The highest BCUT2D eigenvalue weighted by atomic mass is 16.6. The first kappa shape index (κ1) is 9.21. The summed E-state index contributed by atoms with van der Waals surface area (Å²) < 4.78 is 0. The standard InChI is InChI=1S/C8H7N2O3/c11-9-6-5-7-1-3-8(4-2-7)10(12)13/h1-6,9H/q-1. The minimum Gasteiger partial charge on any atom is -0.761 e. The summed E-state index contributed by atoms with van der Waals surface area (Å²) in [5.41, 5.74) is 2.35. The maximum Gasteiger partial charge on any atom is 0.269 e. The smallest absolute Gasteiger partial charge is 0.269 e. The van der Waals surface area contributed by atoms with Gasteiger partial charge < -0.3 is 10.7 Å². The van der Waals surface area contributed by atoms with Crippen molar-refractivity contribution in [1.29, 1.82) is 0 Å². The number of nitrogens with zero attached hydrogens (tertiary/aromatic N) is 1. The van der Waals surface area contributed by atoms with Crippen LogP contribution in [0.15, 0.2) is 30.5 Å². The van der Waals surface area contributed by atoms with Crippen LogP contribution in [0.25, 0.3) is 6.08 Å². The number of hydrogen-bond donors (Lipinski definition) is 1. The number of nitro groups is 1. The maximum atomic E-state index is 10.3. The second kappa shape index (κ2) is 4.22. The van der Waals surface area contributed by atoms with Crippen LogP contribution in [-0.2, 0) is 0 Å². The van der Waals surface area contributed by atoms with Gasteiger partial charge >= 0.3 is 0 Å². The molecule has 0 unspecified atom stereocenters. The van der Waals surface area contributed by atoms with Gasteiger partial charge in [0.05, 0.1) is 4.92 Å². The molecule has 1 aromatic rings. The molecule has 0 saturated carbocycles. The van der Waals surface area contributed by atoms with Crippen molar-refractivity contribution < 1.29 is 4.92 Å². The highest BCUT2D eigenvalue weighted by Crippen LogP contribution is 2.12. The molecule has 0 aliphatic heterocycles. The lowest BCUT2D eigenvalue weighted by Gasteiger charge is -1.99. The Kier molecular flexibility index (Phi) is 2.99. The average Bonchev–Trinajstić information content (AvgIpc) is 2.15. The first-order chi connectivity index (χ1) is 6.24. The molecular weight excluding hydrogens is 172 g/mol. The largest absolute Gasteiger partial charge is 0.761 e. The summed E-state index contributed by atoms with van der Waals surface area (Å²) >= 11 is 0. The van der Waals surface area contributed by atoms with E-state index in [0.29, 0.717) is 0 Å². The summed E-state index contributed by atoms with van der Waals surface area (Å²) in [6, 6.07) is 5.88. The van der Waals surface area contributed by atoms with Crippen molar-refractivity contribution in [2.45, 2.75) is 0 Å². The van der Waals surface area contributed by atoms with E-state index in [1.807, 2.05) is 0 Å². The zero-order valence-electron chi connectivity index (χ0n) is 6.64. The van der Waals surface area contributed by atoms with Crippen LogP contribution in [0.2, 0.25) is 0 Å². The molecule has 68 valence electrons. The minimum absolute atomic E-state index is 0.0345. The Morgan fingerprint density at radius 1 is 1.31 bits per heavy atom. The summed E-state index contributed by atoms with van der Waals surface area (Å²) in [7, 11) is 0. The van der Waals surface area contributed by atoms with E-state index in [0.717, 1.165) is 5.56 Å². The van der Waals surface area contributed by atoms with Crippen molar-refractivity contribution in [1.82, 2.24) is 5.48 Å².